The Morgan fingerprint density at radius 3 is 2.44 bits per heavy atom. The van der Waals surface area contributed by atoms with Gasteiger partial charge >= 0.3 is 5.97 Å². The average Bonchev–Trinajstić information content (AvgIpc) is 2.63. The summed E-state index contributed by atoms with van der Waals surface area (Å²) < 4.78 is 4.92. The fraction of sp³-hybridized carbons (Fsp3) is 0.500. The van der Waals surface area contributed by atoms with Gasteiger partial charge in [-0.1, -0.05) is 47.3 Å². The van der Waals surface area contributed by atoms with E-state index >= 15 is 0 Å². The highest BCUT2D eigenvalue weighted by molar-refractivity contribution is 5.93. The van der Waals surface area contributed by atoms with Crippen molar-refractivity contribution in [2.75, 3.05) is 0 Å². The molecule has 1 aliphatic rings. The van der Waals surface area contributed by atoms with E-state index in [1.807, 2.05) is 26.0 Å². The Morgan fingerprint density at radius 2 is 1.88 bits per heavy atom. The number of carbonyl (C=O) groups is 1. The van der Waals surface area contributed by atoms with Gasteiger partial charge in [-0.3, -0.25) is 0 Å². The maximum Gasteiger partial charge on any atom is 0.338 e. The molecule has 1 aromatic rings. The number of cyclic esters (lactones) is 1. The SMILES string of the molecule is C.CC.CC(C)c1ccc2c(c1)COC2=O. The fourth-order valence-electron chi connectivity index (χ4n) is 1.51. The van der Waals surface area contributed by atoms with Crippen molar-refractivity contribution in [3.8, 4) is 0 Å². The summed E-state index contributed by atoms with van der Waals surface area (Å²) in [5.74, 6) is 0.311. The Labute approximate surface area is 98.6 Å². The molecule has 0 radical (unpaired) electrons. The lowest BCUT2D eigenvalue weighted by Crippen LogP contribution is -1.94. The Morgan fingerprint density at radius 1 is 1.25 bits per heavy atom. The highest BCUT2D eigenvalue weighted by Gasteiger charge is 2.20. The van der Waals surface area contributed by atoms with E-state index in [0.717, 1.165) is 11.1 Å². The highest BCUT2D eigenvalue weighted by atomic mass is 16.5. The second-order valence-electron chi connectivity index (χ2n) is 3.65. The average molecular weight is 222 g/mol. The lowest BCUT2D eigenvalue weighted by molar-refractivity contribution is 0.0535. The topological polar surface area (TPSA) is 26.3 Å². The molecule has 0 saturated carbocycles. The molecule has 0 N–H and O–H groups in total. The minimum absolute atomic E-state index is 0. The number of ether oxygens (including phenoxy) is 1. The first-order valence-electron chi connectivity index (χ1n) is 5.48. The Bertz CT molecular complexity index is 354. The maximum absolute atomic E-state index is 11.1. The smallest absolute Gasteiger partial charge is 0.338 e. The van der Waals surface area contributed by atoms with Crippen LogP contribution in [0.5, 0.6) is 0 Å². The molecule has 0 atom stereocenters. The van der Waals surface area contributed by atoms with Crippen LogP contribution in [0.3, 0.4) is 0 Å². The third-order valence-corrected chi connectivity index (χ3v) is 2.37. The predicted octanol–water partition coefficient (Wildman–Crippen LogP) is 4.14. The van der Waals surface area contributed by atoms with Crippen molar-refractivity contribution in [1.29, 1.82) is 0 Å². The van der Waals surface area contributed by atoms with Crippen molar-refractivity contribution in [3.05, 3.63) is 34.9 Å². The van der Waals surface area contributed by atoms with Crippen molar-refractivity contribution in [2.45, 2.75) is 47.6 Å². The molecule has 0 saturated heterocycles. The normalized spacial score (nSPS) is 12.2. The van der Waals surface area contributed by atoms with Crippen LogP contribution in [0.25, 0.3) is 0 Å². The quantitative estimate of drug-likeness (QED) is 0.667. The first-order chi connectivity index (χ1) is 7.18. The van der Waals surface area contributed by atoms with Crippen LogP contribution >= 0.6 is 0 Å². The van der Waals surface area contributed by atoms with Gasteiger partial charge in [-0.15, -0.1) is 0 Å². The number of hydrogen-bond donors (Lipinski definition) is 0. The molecule has 1 aromatic carbocycles. The zero-order valence-electron chi connectivity index (χ0n) is 9.83. The van der Waals surface area contributed by atoms with Crippen molar-refractivity contribution in [3.63, 3.8) is 0 Å². The van der Waals surface area contributed by atoms with Gasteiger partial charge in [0.25, 0.3) is 0 Å². The zero-order valence-corrected chi connectivity index (χ0v) is 9.83. The van der Waals surface area contributed by atoms with Crippen LogP contribution in [-0.4, -0.2) is 5.97 Å². The summed E-state index contributed by atoms with van der Waals surface area (Å²) >= 11 is 0. The van der Waals surface area contributed by atoms with Crippen LogP contribution in [0.15, 0.2) is 18.2 Å². The second-order valence-corrected chi connectivity index (χ2v) is 3.65. The molecule has 0 aromatic heterocycles. The Hall–Kier alpha value is -1.31. The molecule has 16 heavy (non-hydrogen) atoms. The lowest BCUT2D eigenvalue weighted by Gasteiger charge is -2.05. The maximum atomic E-state index is 11.1. The third-order valence-electron chi connectivity index (χ3n) is 2.37. The van der Waals surface area contributed by atoms with Gasteiger partial charge in [0.2, 0.25) is 0 Å². The van der Waals surface area contributed by atoms with E-state index in [9.17, 15) is 4.79 Å². The summed E-state index contributed by atoms with van der Waals surface area (Å²) in [6.45, 7) is 8.72. The molecule has 0 fully saturated rings. The second kappa shape index (κ2) is 6.31. The molecule has 2 heteroatoms. The number of esters is 1. The van der Waals surface area contributed by atoms with Gasteiger partial charge in [0.05, 0.1) is 5.56 Å². The molecule has 2 rings (SSSR count). The molecule has 0 spiro atoms. The standard InChI is InChI=1S/C11H12O2.C2H6.CH4/c1-7(2)8-3-4-10-9(5-8)6-13-11(10)12;1-2;/h3-5,7H,6H2,1-2H3;1-2H3;1H4. The number of fused-ring (bicyclic) bond motifs is 1. The lowest BCUT2D eigenvalue weighted by atomic mass is 9.98. The summed E-state index contributed by atoms with van der Waals surface area (Å²) in [6, 6.07) is 5.92. The highest BCUT2D eigenvalue weighted by Crippen LogP contribution is 2.24. The minimum Gasteiger partial charge on any atom is -0.457 e. The molecule has 0 bridgehead atoms. The molecular weight excluding hydrogens is 200 g/mol. The van der Waals surface area contributed by atoms with Gasteiger partial charge in [-0.25, -0.2) is 4.79 Å². The summed E-state index contributed by atoms with van der Waals surface area (Å²) in [5.41, 5.74) is 3.01. The molecule has 0 amide bonds. The van der Waals surface area contributed by atoms with Gasteiger partial charge in [0.1, 0.15) is 6.61 Å². The minimum atomic E-state index is -0.190. The van der Waals surface area contributed by atoms with Crippen LogP contribution in [0.4, 0.5) is 0 Å². The molecule has 0 aliphatic carbocycles. The van der Waals surface area contributed by atoms with Crippen molar-refractivity contribution in [2.24, 2.45) is 0 Å². The van der Waals surface area contributed by atoms with E-state index in [1.165, 1.54) is 5.56 Å². The van der Waals surface area contributed by atoms with Crippen LogP contribution in [-0.2, 0) is 11.3 Å². The molecule has 90 valence electrons. The summed E-state index contributed by atoms with van der Waals surface area (Å²) in [4.78, 5) is 11.1. The molecule has 1 heterocycles. The number of rotatable bonds is 1. The molecule has 2 nitrogen and oxygen atoms in total. The number of hydrogen-bond acceptors (Lipinski definition) is 2. The van der Waals surface area contributed by atoms with Crippen LogP contribution < -0.4 is 0 Å². The van der Waals surface area contributed by atoms with Crippen LogP contribution in [0.2, 0.25) is 0 Å². The number of benzene rings is 1. The van der Waals surface area contributed by atoms with Crippen LogP contribution in [0.1, 0.15) is 62.5 Å². The van der Waals surface area contributed by atoms with E-state index in [0.29, 0.717) is 12.5 Å². The van der Waals surface area contributed by atoms with E-state index in [4.69, 9.17) is 4.74 Å². The summed E-state index contributed by atoms with van der Waals surface area (Å²) in [5, 5.41) is 0. The first kappa shape index (κ1) is 14.7. The van der Waals surface area contributed by atoms with E-state index in [-0.39, 0.29) is 13.4 Å². The first-order valence-corrected chi connectivity index (χ1v) is 5.48. The monoisotopic (exact) mass is 222 g/mol. The largest absolute Gasteiger partial charge is 0.457 e. The summed E-state index contributed by atoms with van der Waals surface area (Å²) in [7, 11) is 0. The van der Waals surface area contributed by atoms with Gasteiger partial charge in [0, 0.05) is 5.56 Å². The summed E-state index contributed by atoms with van der Waals surface area (Å²) in [6.07, 6.45) is 0. The van der Waals surface area contributed by atoms with Gasteiger partial charge < -0.3 is 4.74 Å². The molecule has 1 aliphatic heterocycles. The fourth-order valence-corrected chi connectivity index (χ4v) is 1.51. The number of carbonyl (C=O) groups excluding carboxylic acids is 1. The van der Waals surface area contributed by atoms with Crippen molar-refractivity contribution < 1.29 is 9.53 Å². The van der Waals surface area contributed by atoms with Crippen molar-refractivity contribution >= 4 is 5.97 Å². The third kappa shape index (κ3) is 2.84. The van der Waals surface area contributed by atoms with Gasteiger partial charge in [0.15, 0.2) is 0 Å². The molecule has 0 unspecified atom stereocenters. The Kier molecular flexibility index (Phi) is 5.79. The predicted molar refractivity (Wildman–Crippen MR) is 67.7 cm³/mol. The molecular formula is C14H22O2. The van der Waals surface area contributed by atoms with Gasteiger partial charge in [-0.05, 0) is 17.5 Å². The van der Waals surface area contributed by atoms with Gasteiger partial charge in [-0.2, -0.15) is 0 Å². The van der Waals surface area contributed by atoms with E-state index < -0.39 is 0 Å². The van der Waals surface area contributed by atoms with E-state index in [1.54, 1.807) is 0 Å². The van der Waals surface area contributed by atoms with Crippen molar-refractivity contribution in [1.82, 2.24) is 0 Å². The van der Waals surface area contributed by atoms with E-state index in [2.05, 4.69) is 19.9 Å². The van der Waals surface area contributed by atoms with Crippen LogP contribution in [0, 0.1) is 0 Å². The zero-order chi connectivity index (χ0) is 11.4. The Balaban J connectivity index is 0.000000711.